The van der Waals surface area contributed by atoms with E-state index in [4.69, 9.17) is 9.84 Å². The van der Waals surface area contributed by atoms with Crippen molar-refractivity contribution in [3.05, 3.63) is 23.9 Å². The number of carbonyl (C=O) groups excluding carboxylic acids is 1. The Labute approximate surface area is 111 Å². The van der Waals surface area contributed by atoms with Crippen molar-refractivity contribution in [1.29, 1.82) is 0 Å². The lowest BCUT2D eigenvalue weighted by atomic mass is 9.96. The van der Waals surface area contributed by atoms with Gasteiger partial charge in [0.15, 0.2) is 0 Å². The Morgan fingerprint density at radius 2 is 2.21 bits per heavy atom. The predicted molar refractivity (Wildman–Crippen MR) is 68.1 cm³/mol. The fourth-order valence-electron chi connectivity index (χ4n) is 2.04. The molecule has 1 aliphatic heterocycles. The summed E-state index contributed by atoms with van der Waals surface area (Å²) in [6, 6.07) is 3.42. The zero-order valence-corrected chi connectivity index (χ0v) is 10.7. The van der Waals surface area contributed by atoms with Gasteiger partial charge in [-0.3, -0.25) is 4.79 Å². The predicted octanol–water partition coefficient (Wildman–Crippen LogP) is 1.17. The molecule has 1 fully saturated rings. The van der Waals surface area contributed by atoms with Crippen LogP contribution in [-0.4, -0.2) is 41.7 Å². The summed E-state index contributed by atoms with van der Waals surface area (Å²) in [7, 11) is 0. The number of esters is 1. The zero-order chi connectivity index (χ0) is 13.8. The number of aromatic nitrogens is 1. The number of hydrogen-bond donors (Lipinski definition) is 1. The SMILES string of the molecule is CCOC(=O)c1ccc(N2CC(CC(=O)O)C2)nc1. The molecule has 2 rings (SSSR count). The Morgan fingerprint density at radius 3 is 2.74 bits per heavy atom. The second-order valence-electron chi connectivity index (χ2n) is 4.49. The molecule has 1 aliphatic rings. The number of carbonyl (C=O) groups is 2. The lowest BCUT2D eigenvalue weighted by Gasteiger charge is -2.39. The highest BCUT2D eigenvalue weighted by atomic mass is 16.5. The van der Waals surface area contributed by atoms with Gasteiger partial charge >= 0.3 is 11.9 Å². The van der Waals surface area contributed by atoms with Crippen molar-refractivity contribution in [3.8, 4) is 0 Å². The number of aliphatic carboxylic acids is 1. The van der Waals surface area contributed by atoms with Crippen LogP contribution in [0.3, 0.4) is 0 Å². The first-order valence-electron chi connectivity index (χ1n) is 6.20. The van der Waals surface area contributed by atoms with Gasteiger partial charge in [-0.1, -0.05) is 0 Å². The van der Waals surface area contributed by atoms with Crippen LogP contribution < -0.4 is 4.90 Å². The van der Waals surface area contributed by atoms with Crippen molar-refractivity contribution in [3.63, 3.8) is 0 Å². The summed E-state index contributed by atoms with van der Waals surface area (Å²) in [4.78, 5) is 28.2. The van der Waals surface area contributed by atoms with Crippen molar-refractivity contribution in [2.45, 2.75) is 13.3 Å². The highest BCUT2D eigenvalue weighted by Gasteiger charge is 2.29. The molecule has 1 aromatic heterocycles. The van der Waals surface area contributed by atoms with Crippen LogP contribution in [-0.2, 0) is 9.53 Å². The molecule has 2 heterocycles. The maximum absolute atomic E-state index is 11.4. The molecule has 0 aromatic carbocycles. The number of rotatable bonds is 5. The van der Waals surface area contributed by atoms with E-state index in [1.807, 2.05) is 4.90 Å². The minimum Gasteiger partial charge on any atom is -0.481 e. The standard InChI is InChI=1S/C13H16N2O4/c1-2-19-13(18)10-3-4-11(14-6-10)15-7-9(8-15)5-12(16)17/h3-4,6,9H,2,5,7-8H2,1H3,(H,16,17). The number of hydrogen-bond acceptors (Lipinski definition) is 5. The number of nitrogens with zero attached hydrogens (tertiary/aromatic N) is 2. The number of ether oxygens (including phenoxy) is 1. The first-order chi connectivity index (χ1) is 9.10. The third-order valence-corrected chi connectivity index (χ3v) is 3.00. The van der Waals surface area contributed by atoms with Gasteiger partial charge in [-0.2, -0.15) is 0 Å². The summed E-state index contributed by atoms with van der Waals surface area (Å²) in [6.45, 7) is 3.47. The molecule has 0 radical (unpaired) electrons. The molecule has 0 amide bonds. The maximum atomic E-state index is 11.4. The highest BCUT2D eigenvalue weighted by Crippen LogP contribution is 2.24. The quantitative estimate of drug-likeness (QED) is 0.804. The summed E-state index contributed by atoms with van der Waals surface area (Å²) >= 11 is 0. The van der Waals surface area contributed by atoms with E-state index < -0.39 is 5.97 Å². The molecule has 0 atom stereocenters. The number of carboxylic acid groups (broad SMARTS) is 1. The van der Waals surface area contributed by atoms with E-state index in [1.54, 1.807) is 19.1 Å². The van der Waals surface area contributed by atoms with Crippen LogP contribution in [0.15, 0.2) is 18.3 Å². The molecule has 0 saturated carbocycles. The Bertz CT molecular complexity index is 466. The van der Waals surface area contributed by atoms with Crippen LogP contribution in [0.1, 0.15) is 23.7 Å². The summed E-state index contributed by atoms with van der Waals surface area (Å²) in [6.07, 6.45) is 1.68. The fourth-order valence-corrected chi connectivity index (χ4v) is 2.04. The second kappa shape index (κ2) is 5.69. The largest absolute Gasteiger partial charge is 0.481 e. The average molecular weight is 264 g/mol. The Morgan fingerprint density at radius 1 is 1.47 bits per heavy atom. The zero-order valence-electron chi connectivity index (χ0n) is 10.7. The van der Waals surface area contributed by atoms with Crippen LogP contribution in [0.2, 0.25) is 0 Å². The molecule has 1 saturated heterocycles. The number of pyridine rings is 1. The summed E-state index contributed by atoms with van der Waals surface area (Å²) in [5.74, 6) is -0.206. The average Bonchev–Trinajstić information content (AvgIpc) is 2.33. The first-order valence-corrected chi connectivity index (χ1v) is 6.20. The molecule has 0 spiro atoms. The van der Waals surface area contributed by atoms with Crippen LogP contribution in [0.4, 0.5) is 5.82 Å². The van der Waals surface area contributed by atoms with Crippen molar-refractivity contribution in [2.75, 3.05) is 24.6 Å². The third-order valence-electron chi connectivity index (χ3n) is 3.00. The molecular formula is C13H16N2O4. The van der Waals surface area contributed by atoms with Gasteiger partial charge in [0, 0.05) is 25.2 Å². The molecule has 19 heavy (non-hydrogen) atoms. The van der Waals surface area contributed by atoms with Crippen molar-refractivity contribution < 1.29 is 19.4 Å². The minimum absolute atomic E-state index is 0.184. The smallest absolute Gasteiger partial charge is 0.339 e. The number of anilines is 1. The first kappa shape index (κ1) is 13.3. The second-order valence-corrected chi connectivity index (χ2v) is 4.49. The monoisotopic (exact) mass is 264 g/mol. The molecule has 1 aromatic rings. The topological polar surface area (TPSA) is 79.7 Å². The van der Waals surface area contributed by atoms with Gasteiger partial charge in [0.05, 0.1) is 18.6 Å². The van der Waals surface area contributed by atoms with Gasteiger partial charge in [0.1, 0.15) is 5.82 Å². The summed E-state index contributed by atoms with van der Waals surface area (Å²) in [5.41, 5.74) is 0.424. The van der Waals surface area contributed by atoms with E-state index in [-0.39, 0.29) is 18.3 Å². The minimum atomic E-state index is -0.768. The Hall–Kier alpha value is -2.11. The molecule has 6 heteroatoms. The fraction of sp³-hybridized carbons (Fsp3) is 0.462. The highest BCUT2D eigenvalue weighted by molar-refractivity contribution is 5.89. The molecule has 1 N–H and O–H groups in total. The van der Waals surface area contributed by atoms with Gasteiger partial charge in [-0.05, 0) is 19.1 Å². The lowest BCUT2D eigenvalue weighted by Crippen LogP contribution is -2.48. The Balaban J connectivity index is 1.90. The lowest BCUT2D eigenvalue weighted by molar-refractivity contribution is -0.138. The van der Waals surface area contributed by atoms with E-state index >= 15 is 0 Å². The number of carboxylic acids is 1. The molecule has 0 bridgehead atoms. The maximum Gasteiger partial charge on any atom is 0.339 e. The van der Waals surface area contributed by atoms with Gasteiger partial charge in [0.25, 0.3) is 0 Å². The molecular weight excluding hydrogens is 248 g/mol. The summed E-state index contributed by atoms with van der Waals surface area (Å²) < 4.78 is 4.87. The normalized spacial score (nSPS) is 14.9. The van der Waals surface area contributed by atoms with Crippen LogP contribution in [0.25, 0.3) is 0 Å². The molecule has 102 valence electrons. The van der Waals surface area contributed by atoms with Gasteiger partial charge in [-0.15, -0.1) is 0 Å². The Kier molecular flexibility index (Phi) is 3.99. The van der Waals surface area contributed by atoms with Crippen LogP contribution in [0, 0.1) is 5.92 Å². The van der Waals surface area contributed by atoms with E-state index in [0.29, 0.717) is 25.3 Å². The molecule has 6 nitrogen and oxygen atoms in total. The summed E-state index contributed by atoms with van der Waals surface area (Å²) in [5, 5.41) is 8.67. The third kappa shape index (κ3) is 3.21. The van der Waals surface area contributed by atoms with E-state index in [1.165, 1.54) is 6.20 Å². The van der Waals surface area contributed by atoms with Crippen molar-refractivity contribution in [2.24, 2.45) is 5.92 Å². The van der Waals surface area contributed by atoms with Crippen LogP contribution >= 0.6 is 0 Å². The van der Waals surface area contributed by atoms with Gasteiger partial charge < -0.3 is 14.7 Å². The van der Waals surface area contributed by atoms with Crippen LogP contribution in [0.5, 0.6) is 0 Å². The molecule has 0 aliphatic carbocycles. The van der Waals surface area contributed by atoms with Gasteiger partial charge in [-0.25, -0.2) is 9.78 Å². The molecule has 0 unspecified atom stereocenters. The van der Waals surface area contributed by atoms with E-state index in [2.05, 4.69) is 4.98 Å². The van der Waals surface area contributed by atoms with Gasteiger partial charge in [0.2, 0.25) is 0 Å². The van der Waals surface area contributed by atoms with Crippen molar-refractivity contribution >= 4 is 17.8 Å². The van der Waals surface area contributed by atoms with E-state index in [9.17, 15) is 9.59 Å². The van der Waals surface area contributed by atoms with Crippen molar-refractivity contribution in [1.82, 2.24) is 4.98 Å². The van der Waals surface area contributed by atoms with E-state index in [0.717, 1.165) is 5.82 Å².